The Morgan fingerprint density at radius 3 is 2.39 bits per heavy atom. The van der Waals surface area contributed by atoms with E-state index in [1.165, 1.54) is 24.5 Å². The molecule has 0 radical (unpaired) electrons. The summed E-state index contributed by atoms with van der Waals surface area (Å²) in [6.07, 6.45) is -3.25. The van der Waals surface area contributed by atoms with E-state index >= 15 is 0 Å². The standard InChI is InChI=1S/C21H19F3N2O4S/c1-15-7-9-19(10-8-15)31(28,29)26(14-20(27)25-13-18-6-3-11-30-18)17-5-2-4-16(12-17)21(22,23)24/h2-12H,13-14H2,1H3,(H,25,27). The number of nitrogens with zero attached hydrogens (tertiary/aromatic N) is 1. The average molecular weight is 452 g/mol. The fourth-order valence-electron chi connectivity index (χ4n) is 2.78. The molecule has 2 aromatic carbocycles. The number of aryl methyl sites for hydroxylation is 1. The first-order valence-corrected chi connectivity index (χ1v) is 10.6. The van der Waals surface area contributed by atoms with Crippen molar-refractivity contribution in [3.05, 3.63) is 83.8 Å². The van der Waals surface area contributed by atoms with Crippen LogP contribution in [-0.2, 0) is 27.5 Å². The van der Waals surface area contributed by atoms with Gasteiger partial charge in [-0.05, 0) is 49.4 Å². The quantitative estimate of drug-likeness (QED) is 0.585. The number of amides is 1. The maximum absolute atomic E-state index is 13.2. The number of benzene rings is 2. The summed E-state index contributed by atoms with van der Waals surface area (Å²) in [5.74, 6) is -0.259. The zero-order chi connectivity index (χ0) is 22.6. The molecule has 0 atom stereocenters. The molecule has 31 heavy (non-hydrogen) atoms. The molecular weight excluding hydrogens is 433 g/mol. The Morgan fingerprint density at radius 1 is 1.06 bits per heavy atom. The van der Waals surface area contributed by atoms with E-state index in [-0.39, 0.29) is 17.1 Å². The van der Waals surface area contributed by atoms with Gasteiger partial charge in [-0.2, -0.15) is 13.2 Å². The number of hydrogen-bond donors (Lipinski definition) is 1. The van der Waals surface area contributed by atoms with Gasteiger partial charge in [-0.1, -0.05) is 23.8 Å². The van der Waals surface area contributed by atoms with Crippen LogP contribution in [0.15, 0.2) is 76.2 Å². The van der Waals surface area contributed by atoms with Crippen LogP contribution >= 0.6 is 0 Å². The summed E-state index contributed by atoms with van der Waals surface area (Å²) in [4.78, 5) is 12.3. The Morgan fingerprint density at radius 2 is 1.77 bits per heavy atom. The molecule has 3 rings (SSSR count). The maximum Gasteiger partial charge on any atom is 0.416 e. The van der Waals surface area contributed by atoms with Gasteiger partial charge in [0.05, 0.1) is 29.0 Å². The second-order valence-electron chi connectivity index (χ2n) is 6.73. The lowest BCUT2D eigenvalue weighted by atomic mass is 10.2. The van der Waals surface area contributed by atoms with Crippen molar-refractivity contribution >= 4 is 21.6 Å². The molecule has 1 N–H and O–H groups in total. The average Bonchev–Trinajstić information content (AvgIpc) is 3.24. The molecule has 0 unspecified atom stereocenters. The molecule has 0 aliphatic rings. The SMILES string of the molecule is Cc1ccc(S(=O)(=O)N(CC(=O)NCc2ccco2)c2cccc(C(F)(F)F)c2)cc1. The lowest BCUT2D eigenvalue weighted by molar-refractivity contribution is -0.137. The molecule has 3 aromatic rings. The number of rotatable bonds is 7. The highest BCUT2D eigenvalue weighted by molar-refractivity contribution is 7.92. The summed E-state index contributed by atoms with van der Waals surface area (Å²) in [5.41, 5.74) is -0.491. The number of carbonyl (C=O) groups is 1. The summed E-state index contributed by atoms with van der Waals surface area (Å²) >= 11 is 0. The van der Waals surface area contributed by atoms with Gasteiger partial charge in [0.1, 0.15) is 12.3 Å². The molecule has 1 heterocycles. The number of halogens is 3. The third-order valence-corrected chi connectivity index (χ3v) is 6.19. The summed E-state index contributed by atoms with van der Waals surface area (Å²) in [6.45, 7) is 1.06. The predicted octanol–water partition coefficient (Wildman–Crippen LogP) is 4.12. The van der Waals surface area contributed by atoms with Gasteiger partial charge >= 0.3 is 6.18 Å². The number of sulfonamides is 1. The highest BCUT2D eigenvalue weighted by atomic mass is 32.2. The van der Waals surface area contributed by atoms with Crippen LogP contribution in [-0.4, -0.2) is 20.9 Å². The topological polar surface area (TPSA) is 79.6 Å². The number of furan rings is 1. The first-order chi connectivity index (χ1) is 14.6. The van der Waals surface area contributed by atoms with Crippen molar-refractivity contribution in [3.63, 3.8) is 0 Å². The summed E-state index contributed by atoms with van der Waals surface area (Å²) < 4.78 is 71.7. The Bertz CT molecular complexity index is 1140. The van der Waals surface area contributed by atoms with E-state index in [1.807, 2.05) is 0 Å². The number of hydrogen-bond acceptors (Lipinski definition) is 4. The Labute approximate surface area is 177 Å². The van der Waals surface area contributed by atoms with Gasteiger partial charge in [-0.3, -0.25) is 9.10 Å². The minimum atomic E-state index is -4.67. The lowest BCUT2D eigenvalue weighted by Gasteiger charge is -2.25. The fourth-order valence-corrected chi connectivity index (χ4v) is 4.19. The third kappa shape index (κ3) is 5.46. The van der Waals surface area contributed by atoms with Crippen LogP contribution in [0.4, 0.5) is 18.9 Å². The predicted molar refractivity (Wildman–Crippen MR) is 108 cm³/mol. The molecule has 1 amide bonds. The second kappa shape index (κ2) is 8.84. The molecule has 6 nitrogen and oxygen atoms in total. The highest BCUT2D eigenvalue weighted by Gasteiger charge is 2.33. The van der Waals surface area contributed by atoms with E-state index in [9.17, 15) is 26.4 Å². The van der Waals surface area contributed by atoms with E-state index in [2.05, 4.69) is 5.32 Å². The normalized spacial score (nSPS) is 11.9. The van der Waals surface area contributed by atoms with Crippen LogP contribution in [0, 0.1) is 6.92 Å². The number of alkyl halides is 3. The first-order valence-electron chi connectivity index (χ1n) is 9.13. The van der Waals surface area contributed by atoms with Gasteiger partial charge in [-0.15, -0.1) is 0 Å². The Kier molecular flexibility index (Phi) is 6.40. The van der Waals surface area contributed by atoms with Crippen molar-refractivity contribution in [3.8, 4) is 0 Å². The van der Waals surface area contributed by atoms with Gasteiger partial charge < -0.3 is 9.73 Å². The molecule has 0 saturated heterocycles. The van der Waals surface area contributed by atoms with Crippen LogP contribution < -0.4 is 9.62 Å². The molecule has 0 bridgehead atoms. The Balaban J connectivity index is 1.95. The van der Waals surface area contributed by atoms with Gasteiger partial charge in [-0.25, -0.2) is 8.42 Å². The van der Waals surface area contributed by atoms with Crippen LogP contribution in [0.2, 0.25) is 0 Å². The van der Waals surface area contributed by atoms with Crippen LogP contribution in [0.3, 0.4) is 0 Å². The van der Waals surface area contributed by atoms with Crippen molar-refractivity contribution < 1.29 is 30.8 Å². The maximum atomic E-state index is 13.2. The van der Waals surface area contributed by atoms with E-state index in [0.717, 1.165) is 17.7 Å². The fraction of sp³-hybridized carbons (Fsp3) is 0.190. The van der Waals surface area contributed by atoms with Gasteiger partial charge in [0, 0.05) is 0 Å². The summed E-state index contributed by atoms with van der Waals surface area (Å²) in [5, 5.41) is 2.50. The smallest absolute Gasteiger partial charge is 0.416 e. The molecule has 1 aromatic heterocycles. The van der Waals surface area contributed by atoms with Crippen LogP contribution in [0.1, 0.15) is 16.9 Å². The van der Waals surface area contributed by atoms with E-state index < -0.39 is 34.2 Å². The van der Waals surface area contributed by atoms with Crippen molar-refractivity contribution in [2.45, 2.75) is 24.5 Å². The number of anilines is 1. The summed E-state index contributed by atoms with van der Waals surface area (Å²) in [6, 6.07) is 12.9. The molecular formula is C21H19F3N2O4S. The molecule has 0 aliphatic heterocycles. The van der Waals surface area contributed by atoms with Crippen molar-refractivity contribution in [2.24, 2.45) is 0 Å². The third-order valence-electron chi connectivity index (χ3n) is 4.40. The zero-order valence-electron chi connectivity index (χ0n) is 16.4. The molecule has 0 saturated carbocycles. The van der Waals surface area contributed by atoms with Crippen molar-refractivity contribution in [2.75, 3.05) is 10.8 Å². The minimum Gasteiger partial charge on any atom is -0.467 e. The van der Waals surface area contributed by atoms with E-state index in [0.29, 0.717) is 16.1 Å². The largest absolute Gasteiger partial charge is 0.467 e. The molecule has 0 fully saturated rings. The zero-order valence-corrected chi connectivity index (χ0v) is 17.2. The van der Waals surface area contributed by atoms with Crippen molar-refractivity contribution in [1.29, 1.82) is 0 Å². The van der Waals surface area contributed by atoms with Crippen LogP contribution in [0.5, 0.6) is 0 Å². The van der Waals surface area contributed by atoms with Gasteiger partial charge in [0.2, 0.25) is 5.91 Å². The van der Waals surface area contributed by atoms with Gasteiger partial charge in [0.25, 0.3) is 10.0 Å². The van der Waals surface area contributed by atoms with E-state index in [1.54, 1.807) is 31.2 Å². The molecule has 0 spiro atoms. The first kappa shape index (κ1) is 22.4. The van der Waals surface area contributed by atoms with E-state index in [4.69, 9.17) is 4.42 Å². The molecule has 0 aliphatic carbocycles. The van der Waals surface area contributed by atoms with Crippen molar-refractivity contribution in [1.82, 2.24) is 5.32 Å². The van der Waals surface area contributed by atoms with Gasteiger partial charge in [0.15, 0.2) is 0 Å². The summed E-state index contributed by atoms with van der Waals surface area (Å²) in [7, 11) is -4.32. The lowest BCUT2D eigenvalue weighted by Crippen LogP contribution is -2.40. The monoisotopic (exact) mass is 452 g/mol. The second-order valence-corrected chi connectivity index (χ2v) is 8.59. The number of carbonyl (C=O) groups excluding carboxylic acids is 1. The molecule has 10 heteroatoms. The Hall–Kier alpha value is -3.27. The molecule has 164 valence electrons. The minimum absolute atomic E-state index is 0.00679. The van der Waals surface area contributed by atoms with Crippen LogP contribution in [0.25, 0.3) is 0 Å². The highest BCUT2D eigenvalue weighted by Crippen LogP contribution is 2.33. The number of nitrogens with one attached hydrogen (secondary N) is 1.